The van der Waals surface area contributed by atoms with Gasteiger partial charge in [0.1, 0.15) is 5.82 Å². The van der Waals surface area contributed by atoms with E-state index in [-0.39, 0.29) is 23.4 Å². The Kier molecular flexibility index (Phi) is 6.40. The molecule has 0 unspecified atom stereocenters. The predicted octanol–water partition coefficient (Wildman–Crippen LogP) is 3.81. The lowest BCUT2D eigenvalue weighted by atomic mass is 9.83. The lowest BCUT2D eigenvalue weighted by Gasteiger charge is -2.39. The molecule has 204 valence electrons. The smallest absolute Gasteiger partial charge is 0.322 e. The van der Waals surface area contributed by atoms with Crippen LogP contribution in [-0.4, -0.2) is 76.3 Å². The van der Waals surface area contributed by atoms with E-state index in [2.05, 4.69) is 45.3 Å². The molecule has 0 atom stereocenters. The van der Waals surface area contributed by atoms with Gasteiger partial charge in [-0.3, -0.25) is 9.89 Å². The van der Waals surface area contributed by atoms with Crippen molar-refractivity contribution in [3.05, 3.63) is 65.0 Å². The van der Waals surface area contributed by atoms with E-state index in [0.717, 1.165) is 55.1 Å². The highest BCUT2D eigenvalue weighted by molar-refractivity contribution is 5.95. The maximum absolute atomic E-state index is 13.7. The molecule has 3 amide bonds. The Hall–Kier alpha value is -4.08. The number of hydrogen-bond donors (Lipinski definition) is 2. The minimum atomic E-state index is -0.220. The molecule has 3 aliphatic heterocycles. The van der Waals surface area contributed by atoms with Crippen LogP contribution in [0.25, 0.3) is 0 Å². The molecular weight excluding hydrogens is 494 g/mol. The zero-order valence-electron chi connectivity index (χ0n) is 22.7. The summed E-state index contributed by atoms with van der Waals surface area (Å²) >= 11 is 0. The number of aromatic amines is 1. The fourth-order valence-electron chi connectivity index (χ4n) is 6.19. The Morgan fingerprint density at radius 3 is 2.69 bits per heavy atom. The van der Waals surface area contributed by atoms with Crippen LogP contribution < -0.4 is 15.0 Å². The molecule has 2 aromatic heterocycles. The van der Waals surface area contributed by atoms with E-state index in [1.54, 1.807) is 13.2 Å². The summed E-state index contributed by atoms with van der Waals surface area (Å²) in [6.45, 7) is 7.53. The van der Waals surface area contributed by atoms with Gasteiger partial charge in [-0.1, -0.05) is 32.0 Å². The van der Waals surface area contributed by atoms with Gasteiger partial charge in [-0.15, -0.1) is 0 Å². The lowest BCUT2D eigenvalue weighted by molar-refractivity contribution is 0.0684. The van der Waals surface area contributed by atoms with Gasteiger partial charge >= 0.3 is 6.03 Å². The van der Waals surface area contributed by atoms with Crippen molar-refractivity contribution >= 4 is 23.4 Å². The number of urea groups is 1. The SMILES string of the molecule is COc1cc(C(=O)N2Cc3cn[nH]c3C(C)(C)C2)cc(N2CCC(N3CCc4ccccc4NC3=O)CC2)n1. The number of anilines is 2. The first-order chi connectivity index (χ1) is 18.8. The Morgan fingerprint density at radius 2 is 1.90 bits per heavy atom. The highest BCUT2D eigenvalue weighted by Gasteiger charge is 2.36. The predicted molar refractivity (Wildman–Crippen MR) is 148 cm³/mol. The van der Waals surface area contributed by atoms with Crippen LogP contribution in [0.1, 0.15) is 53.9 Å². The summed E-state index contributed by atoms with van der Waals surface area (Å²) in [6.07, 6.45) is 4.30. The summed E-state index contributed by atoms with van der Waals surface area (Å²) in [6, 6.07) is 11.7. The van der Waals surface area contributed by atoms with Crippen LogP contribution >= 0.6 is 0 Å². The van der Waals surface area contributed by atoms with Gasteiger partial charge in [0.2, 0.25) is 5.88 Å². The number of H-pyrrole nitrogens is 1. The molecule has 10 nitrogen and oxygen atoms in total. The molecule has 1 saturated heterocycles. The normalized spacial score (nSPS) is 19.2. The molecule has 1 aromatic carbocycles. The second kappa shape index (κ2) is 9.91. The van der Waals surface area contributed by atoms with E-state index in [4.69, 9.17) is 4.74 Å². The van der Waals surface area contributed by atoms with E-state index in [0.29, 0.717) is 31.1 Å². The summed E-state index contributed by atoms with van der Waals surface area (Å²) in [4.78, 5) is 37.4. The third-order valence-electron chi connectivity index (χ3n) is 8.24. The number of carbonyl (C=O) groups is 2. The standard InChI is InChI=1S/C29H35N7O3/c1-29(2)18-35(17-21-16-30-33-26(21)29)27(37)20-14-24(32-25(15-20)39-3)34-11-9-22(10-12-34)36-13-8-19-6-4-5-7-23(19)31-28(36)38/h4-7,14-16,22H,8-13,17-18H2,1-3H3,(H,30,33)(H,31,38). The molecule has 2 N–H and O–H groups in total. The third kappa shape index (κ3) is 4.79. The number of ether oxygens (including phenoxy) is 1. The van der Waals surface area contributed by atoms with E-state index >= 15 is 0 Å². The monoisotopic (exact) mass is 529 g/mol. The number of hydrogen-bond acceptors (Lipinski definition) is 6. The number of piperidine rings is 1. The van der Waals surface area contributed by atoms with Crippen LogP contribution in [0, 0.1) is 0 Å². The fourth-order valence-corrected chi connectivity index (χ4v) is 6.19. The van der Waals surface area contributed by atoms with Crippen molar-refractivity contribution < 1.29 is 14.3 Å². The number of fused-ring (bicyclic) bond motifs is 2. The molecule has 6 rings (SSSR count). The number of rotatable bonds is 4. The van der Waals surface area contributed by atoms with Gasteiger partial charge in [0.05, 0.1) is 13.3 Å². The van der Waals surface area contributed by atoms with Crippen LogP contribution in [0.15, 0.2) is 42.6 Å². The maximum atomic E-state index is 13.7. The molecule has 0 bridgehead atoms. The highest BCUT2D eigenvalue weighted by atomic mass is 16.5. The zero-order chi connectivity index (χ0) is 27.1. The number of aromatic nitrogens is 3. The topological polar surface area (TPSA) is 107 Å². The molecule has 1 fully saturated rings. The van der Waals surface area contributed by atoms with Gasteiger partial charge in [0, 0.05) is 72.8 Å². The van der Waals surface area contributed by atoms with Crippen LogP contribution in [0.5, 0.6) is 5.88 Å². The molecule has 5 heterocycles. The molecule has 3 aliphatic rings. The van der Waals surface area contributed by atoms with Gasteiger partial charge in [-0.25, -0.2) is 4.79 Å². The van der Waals surface area contributed by atoms with Crippen molar-refractivity contribution in [3.63, 3.8) is 0 Å². The summed E-state index contributed by atoms with van der Waals surface area (Å²) in [5.74, 6) is 1.10. The first-order valence-electron chi connectivity index (χ1n) is 13.6. The number of carbonyl (C=O) groups excluding carboxylic acids is 2. The molecule has 0 radical (unpaired) electrons. The number of methoxy groups -OCH3 is 1. The zero-order valence-corrected chi connectivity index (χ0v) is 22.7. The molecule has 10 heteroatoms. The average Bonchev–Trinajstić information content (AvgIpc) is 3.36. The Labute approximate surface area is 228 Å². The Balaban J connectivity index is 1.16. The second-order valence-electron chi connectivity index (χ2n) is 11.3. The number of nitrogens with one attached hydrogen (secondary N) is 2. The van der Waals surface area contributed by atoms with Crippen molar-refractivity contribution in [2.24, 2.45) is 0 Å². The van der Waals surface area contributed by atoms with E-state index in [9.17, 15) is 9.59 Å². The molecule has 3 aromatic rings. The number of amides is 3. The maximum Gasteiger partial charge on any atom is 0.322 e. The second-order valence-corrected chi connectivity index (χ2v) is 11.3. The largest absolute Gasteiger partial charge is 0.481 e. The quantitative estimate of drug-likeness (QED) is 0.533. The van der Waals surface area contributed by atoms with Gasteiger partial charge < -0.3 is 24.8 Å². The number of nitrogens with zero attached hydrogens (tertiary/aromatic N) is 5. The molecular formula is C29H35N7O3. The minimum absolute atomic E-state index is 0.0315. The summed E-state index contributed by atoms with van der Waals surface area (Å²) < 4.78 is 5.50. The van der Waals surface area contributed by atoms with Gasteiger partial charge in [0.25, 0.3) is 5.91 Å². The van der Waals surface area contributed by atoms with Crippen molar-refractivity contribution in [1.29, 1.82) is 0 Å². The Morgan fingerprint density at radius 1 is 1.10 bits per heavy atom. The van der Waals surface area contributed by atoms with Crippen molar-refractivity contribution in [2.45, 2.75) is 51.1 Å². The fraction of sp³-hybridized carbons (Fsp3) is 0.448. The number of benzene rings is 1. The molecule has 0 saturated carbocycles. The Bertz CT molecular complexity index is 1390. The summed E-state index contributed by atoms with van der Waals surface area (Å²) in [5.41, 5.74) is 4.55. The first kappa shape index (κ1) is 25.2. The van der Waals surface area contributed by atoms with E-state index in [1.165, 1.54) is 5.56 Å². The molecule has 0 spiro atoms. The van der Waals surface area contributed by atoms with Gasteiger partial charge in [-0.05, 0) is 37.0 Å². The first-order valence-corrected chi connectivity index (χ1v) is 13.6. The van der Waals surface area contributed by atoms with Crippen LogP contribution in [-0.2, 0) is 18.4 Å². The van der Waals surface area contributed by atoms with Gasteiger partial charge in [-0.2, -0.15) is 10.1 Å². The van der Waals surface area contributed by atoms with Crippen LogP contribution in [0.2, 0.25) is 0 Å². The van der Waals surface area contributed by atoms with Gasteiger partial charge in [0.15, 0.2) is 0 Å². The summed E-state index contributed by atoms with van der Waals surface area (Å²) in [5, 5.41) is 10.4. The minimum Gasteiger partial charge on any atom is -0.481 e. The lowest BCUT2D eigenvalue weighted by Crippen LogP contribution is -2.49. The average molecular weight is 530 g/mol. The number of para-hydroxylation sites is 1. The number of pyridine rings is 1. The van der Waals surface area contributed by atoms with E-state index < -0.39 is 0 Å². The summed E-state index contributed by atoms with van der Waals surface area (Å²) in [7, 11) is 1.57. The van der Waals surface area contributed by atoms with Crippen molar-refractivity contribution in [1.82, 2.24) is 25.0 Å². The van der Waals surface area contributed by atoms with Crippen molar-refractivity contribution in [3.8, 4) is 5.88 Å². The van der Waals surface area contributed by atoms with E-state index in [1.807, 2.05) is 40.3 Å². The molecule has 39 heavy (non-hydrogen) atoms. The van der Waals surface area contributed by atoms with Crippen LogP contribution in [0.4, 0.5) is 16.3 Å². The highest BCUT2D eigenvalue weighted by Crippen LogP contribution is 2.33. The van der Waals surface area contributed by atoms with Crippen molar-refractivity contribution in [2.75, 3.05) is 43.5 Å². The van der Waals surface area contributed by atoms with Crippen LogP contribution in [0.3, 0.4) is 0 Å². The molecule has 0 aliphatic carbocycles. The third-order valence-corrected chi connectivity index (χ3v) is 8.24.